The monoisotopic (exact) mass is 376 g/mol. The molecule has 8 nitrogen and oxygen atoms in total. The maximum absolute atomic E-state index is 4.76. The molecule has 4 heterocycles. The Morgan fingerprint density at radius 3 is 2.75 bits per heavy atom. The van der Waals surface area contributed by atoms with E-state index in [1.165, 1.54) is 11.3 Å². The lowest BCUT2D eigenvalue weighted by molar-refractivity contribution is 0.582. The molecule has 0 bridgehead atoms. The molecular formula is C20H24N8. The topological polar surface area (TPSA) is 86.3 Å². The lowest BCUT2D eigenvalue weighted by atomic mass is 10.2. The third kappa shape index (κ3) is 3.21. The van der Waals surface area contributed by atoms with Gasteiger partial charge in [-0.25, -0.2) is 9.97 Å². The molecule has 0 aliphatic rings. The standard InChI is InChI=1S/C20H24N8/c1-5-9-28-14(3)16(13(2)26-28)11-22-19-17-12-23-27(4)20(17)25-18(24-19)15-7-6-8-21-10-15/h6-8,10,12H,5,9,11H2,1-4H3,(H,22,24,25). The molecule has 144 valence electrons. The van der Waals surface area contributed by atoms with Crippen LogP contribution in [0.4, 0.5) is 5.82 Å². The lowest BCUT2D eigenvalue weighted by Gasteiger charge is -2.10. The van der Waals surface area contributed by atoms with Crippen LogP contribution < -0.4 is 5.32 Å². The van der Waals surface area contributed by atoms with E-state index in [0.717, 1.165) is 41.1 Å². The molecular weight excluding hydrogens is 352 g/mol. The fraction of sp³-hybridized carbons (Fsp3) is 0.350. The molecule has 4 aromatic heterocycles. The molecule has 0 aliphatic carbocycles. The van der Waals surface area contributed by atoms with Crippen molar-refractivity contribution in [2.24, 2.45) is 7.05 Å². The largest absolute Gasteiger partial charge is 0.365 e. The number of aryl methyl sites for hydroxylation is 3. The second kappa shape index (κ2) is 7.38. The Hall–Kier alpha value is -3.29. The van der Waals surface area contributed by atoms with Crippen molar-refractivity contribution in [3.8, 4) is 11.4 Å². The minimum absolute atomic E-state index is 0.627. The summed E-state index contributed by atoms with van der Waals surface area (Å²) in [5.41, 5.74) is 5.09. The van der Waals surface area contributed by atoms with Crippen molar-refractivity contribution in [3.05, 3.63) is 47.7 Å². The van der Waals surface area contributed by atoms with Crippen LogP contribution in [0.1, 0.15) is 30.3 Å². The van der Waals surface area contributed by atoms with Crippen LogP contribution in [0.15, 0.2) is 30.7 Å². The van der Waals surface area contributed by atoms with E-state index in [9.17, 15) is 0 Å². The third-order valence-electron chi connectivity index (χ3n) is 4.91. The summed E-state index contributed by atoms with van der Waals surface area (Å²) in [5, 5.41) is 13.4. The van der Waals surface area contributed by atoms with Gasteiger partial charge in [-0.15, -0.1) is 0 Å². The highest BCUT2D eigenvalue weighted by atomic mass is 15.3. The number of nitrogens with zero attached hydrogens (tertiary/aromatic N) is 7. The average Bonchev–Trinajstić information content (AvgIpc) is 3.21. The van der Waals surface area contributed by atoms with Crippen molar-refractivity contribution in [2.45, 2.75) is 40.3 Å². The Labute approximate surface area is 163 Å². The summed E-state index contributed by atoms with van der Waals surface area (Å²) in [4.78, 5) is 13.6. The summed E-state index contributed by atoms with van der Waals surface area (Å²) in [7, 11) is 1.88. The molecule has 0 saturated carbocycles. The molecule has 0 radical (unpaired) electrons. The number of pyridine rings is 1. The summed E-state index contributed by atoms with van der Waals surface area (Å²) >= 11 is 0. The number of anilines is 1. The first kappa shape index (κ1) is 18.1. The zero-order valence-electron chi connectivity index (χ0n) is 16.6. The van der Waals surface area contributed by atoms with E-state index in [4.69, 9.17) is 4.98 Å². The maximum Gasteiger partial charge on any atom is 0.165 e. The molecule has 0 spiro atoms. The highest BCUT2D eigenvalue weighted by Crippen LogP contribution is 2.25. The minimum atomic E-state index is 0.627. The van der Waals surface area contributed by atoms with Gasteiger partial charge in [0.05, 0.1) is 17.3 Å². The van der Waals surface area contributed by atoms with Crippen molar-refractivity contribution in [1.82, 2.24) is 34.5 Å². The van der Waals surface area contributed by atoms with Gasteiger partial charge < -0.3 is 5.32 Å². The van der Waals surface area contributed by atoms with E-state index in [1.807, 2.05) is 19.2 Å². The number of aromatic nitrogens is 7. The van der Waals surface area contributed by atoms with Gasteiger partial charge in [-0.05, 0) is 32.4 Å². The Morgan fingerprint density at radius 2 is 2.00 bits per heavy atom. The first-order valence-corrected chi connectivity index (χ1v) is 9.45. The first-order chi connectivity index (χ1) is 13.6. The van der Waals surface area contributed by atoms with Crippen LogP contribution in [0.2, 0.25) is 0 Å². The van der Waals surface area contributed by atoms with Crippen LogP contribution in [-0.4, -0.2) is 34.5 Å². The summed E-state index contributed by atoms with van der Waals surface area (Å²) < 4.78 is 3.84. The van der Waals surface area contributed by atoms with E-state index in [-0.39, 0.29) is 0 Å². The van der Waals surface area contributed by atoms with Crippen LogP contribution in [0.3, 0.4) is 0 Å². The molecule has 0 fully saturated rings. The molecule has 4 aromatic rings. The van der Waals surface area contributed by atoms with Crippen molar-refractivity contribution in [2.75, 3.05) is 5.32 Å². The van der Waals surface area contributed by atoms with Gasteiger partial charge in [-0.1, -0.05) is 6.92 Å². The number of nitrogens with one attached hydrogen (secondary N) is 1. The molecule has 1 N–H and O–H groups in total. The van der Waals surface area contributed by atoms with E-state index in [1.54, 1.807) is 23.3 Å². The zero-order chi connectivity index (χ0) is 19.7. The molecule has 0 aliphatic heterocycles. The van der Waals surface area contributed by atoms with E-state index in [0.29, 0.717) is 12.4 Å². The van der Waals surface area contributed by atoms with E-state index in [2.05, 4.69) is 50.9 Å². The summed E-state index contributed by atoms with van der Waals surface area (Å²) in [6.45, 7) is 7.91. The number of fused-ring (bicyclic) bond motifs is 1. The highest BCUT2D eigenvalue weighted by molar-refractivity contribution is 5.88. The van der Waals surface area contributed by atoms with Gasteiger partial charge in [0.15, 0.2) is 11.5 Å². The van der Waals surface area contributed by atoms with Gasteiger partial charge in [0.2, 0.25) is 0 Å². The fourth-order valence-corrected chi connectivity index (χ4v) is 3.37. The second-order valence-electron chi connectivity index (χ2n) is 6.87. The van der Waals surface area contributed by atoms with Gasteiger partial charge in [-0.2, -0.15) is 10.2 Å². The normalized spacial score (nSPS) is 11.3. The van der Waals surface area contributed by atoms with Crippen LogP contribution in [0.25, 0.3) is 22.4 Å². The molecule has 4 rings (SSSR count). The van der Waals surface area contributed by atoms with Crippen LogP contribution in [-0.2, 0) is 20.1 Å². The summed E-state index contributed by atoms with van der Waals surface area (Å²) in [6.07, 6.45) is 6.37. The third-order valence-corrected chi connectivity index (χ3v) is 4.91. The number of hydrogen-bond acceptors (Lipinski definition) is 6. The predicted octanol–water partition coefficient (Wildman–Crippen LogP) is 3.26. The van der Waals surface area contributed by atoms with Gasteiger partial charge in [-0.3, -0.25) is 14.3 Å². The molecule has 8 heteroatoms. The van der Waals surface area contributed by atoms with Crippen LogP contribution in [0, 0.1) is 13.8 Å². The zero-order valence-corrected chi connectivity index (χ0v) is 16.6. The van der Waals surface area contributed by atoms with Crippen LogP contribution in [0.5, 0.6) is 0 Å². The van der Waals surface area contributed by atoms with Gasteiger partial charge in [0.1, 0.15) is 5.82 Å². The average molecular weight is 376 g/mol. The van der Waals surface area contributed by atoms with Crippen LogP contribution >= 0.6 is 0 Å². The van der Waals surface area contributed by atoms with Crippen molar-refractivity contribution in [1.29, 1.82) is 0 Å². The Bertz CT molecular complexity index is 1110. The van der Waals surface area contributed by atoms with Crippen molar-refractivity contribution < 1.29 is 0 Å². The van der Waals surface area contributed by atoms with Gasteiger partial charge in [0, 0.05) is 49.4 Å². The maximum atomic E-state index is 4.76. The minimum Gasteiger partial charge on any atom is -0.365 e. The predicted molar refractivity (Wildman–Crippen MR) is 109 cm³/mol. The van der Waals surface area contributed by atoms with E-state index < -0.39 is 0 Å². The van der Waals surface area contributed by atoms with E-state index >= 15 is 0 Å². The summed E-state index contributed by atoms with van der Waals surface area (Å²) in [5.74, 6) is 1.39. The molecule has 0 saturated heterocycles. The molecule has 28 heavy (non-hydrogen) atoms. The number of hydrogen-bond donors (Lipinski definition) is 1. The Morgan fingerprint density at radius 1 is 1.14 bits per heavy atom. The Balaban J connectivity index is 1.71. The smallest absolute Gasteiger partial charge is 0.165 e. The number of rotatable bonds is 6. The second-order valence-corrected chi connectivity index (χ2v) is 6.87. The first-order valence-electron chi connectivity index (χ1n) is 9.45. The van der Waals surface area contributed by atoms with Crippen molar-refractivity contribution >= 4 is 16.9 Å². The van der Waals surface area contributed by atoms with Gasteiger partial charge >= 0.3 is 0 Å². The highest BCUT2D eigenvalue weighted by Gasteiger charge is 2.15. The van der Waals surface area contributed by atoms with Crippen molar-refractivity contribution in [3.63, 3.8) is 0 Å². The lowest BCUT2D eigenvalue weighted by Crippen LogP contribution is -2.07. The molecule has 0 aromatic carbocycles. The molecule has 0 amide bonds. The quantitative estimate of drug-likeness (QED) is 0.556. The fourth-order valence-electron chi connectivity index (χ4n) is 3.37. The summed E-state index contributed by atoms with van der Waals surface area (Å²) in [6, 6.07) is 3.84. The Kier molecular flexibility index (Phi) is 4.77. The SMILES string of the molecule is CCCn1nc(C)c(CNc2nc(-c3cccnc3)nc3c2cnn3C)c1C. The molecule has 0 unspecified atom stereocenters. The van der Waals surface area contributed by atoms with Gasteiger partial charge in [0.25, 0.3) is 0 Å². The molecule has 0 atom stereocenters.